The highest BCUT2D eigenvalue weighted by Gasteiger charge is 2.37. The number of carbonyl (C=O) groups excluding carboxylic acids is 2. The van der Waals surface area contributed by atoms with Gasteiger partial charge in [0.1, 0.15) is 11.2 Å². The lowest BCUT2D eigenvalue weighted by molar-refractivity contribution is -0.503. The summed E-state index contributed by atoms with van der Waals surface area (Å²) in [6.07, 6.45) is -1.18. The second kappa shape index (κ2) is 9.97. The van der Waals surface area contributed by atoms with Crippen molar-refractivity contribution in [1.82, 2.24) is 4.90 Å². The maximum atomic E-state index is 12.6. The van der Waals surface area contributed by atoms with Gasteiger partial charge in [-0.25, -0.2) is 9.78 Å². The van der Waals surface area contributed by atoms with Gasteiger partial charge in [-0.05, 0) is 52.7 Å². The highest BCUT2D eigenvalue weighted by atomic mass is 17.3. The van der Waals surface area contributed by atoms with E-state index < -0.39 is 17.5 Å². The molecule has 7 nitrogen and oxygen atoms in total. The van der Waals surface area contributed by atoms with Gasteiger partial charge in [-0.2, -0.15) is 9.78 Å². The van der Waals surface area contributed by atoms with Crippen LogP contribution in [0.2, 0.25) is 0 Å². The summed E-state index contributed by atoms with van der Waals surface area (Å²) in [6.45, 7) is 10.4. The number of imide groups is 1. The normalized spacial score (nSPS) is 15.2. The van der Waals surface area contributed by atoms with Crippen molar-refractivity contribution in [2.45, 2.75) is 59.0 Å². The molecule has 2 amide bonds. The molecule has 0 N–H and O–H groups in total. The van der Waals surface area contributed by atoms with Crippen LogP contribution in [0.4, 0.5) is 0 Å². The molecule has 0 spiro atoms. The first-order valence-electron chi connectivity index (χ1n) is 10.9. The molecule has 3 rings (SSSR count). The van der Waals surface area contributed by atoms with Crippen molar-refractivity contribution in [3.63, 3.8) is 0 Å². The molecular weight excluding hydrogens is 422 g/mol. The molecule has 0 unspecified atom stereocenters. The number of rotatable bonds is 10. The van der Waals surface area contributed by atoms with Crippen LogP contribution in [0.5, 0.6) is 0 Å². The topological polar surface area (TPSA) is 74.3 Å². The van der Waals surface area contributed by atoms with Crippen LogP contribution in [-0.2, 0) is 40.3 Å². The van der Waals surface area contributed by atoms with Crippen molar-refractivity contribution in [1.29, 1.82) is 0 Å². The van der Waals surface area contributed by atoms with E-state index >= 15 is 0 Å². The lowest BCUT2D eigenvalue weighted by atomic mass is 9.99. The van der Waals surface area contributed by atoms with Gasteiger partial charge >= 0.3 is 0 Å². The van der Waals surface area contributed by atoms with Gasteiger partial charge in [0, 0.05) is 11.1 Å². The third kappa shape index (κ3) is 5.75. The maximum Gasteiger partial charge on any atom is 0.257 e. The van der Waals surface area contributed by atoms with Crippen molar-refractivity contribution in [3.8, 4) is 0 Å². The molecule has 1 aliphatic rings. The summed E-state index contributed by atoms with van der Waals surface area (Å²) >= 11 is 0. The Morgan fingerprint density at radius 1 is 0.697 bits per heavy atom. The van der Waals surface area contributed by atoms with Gasteiger partial charge in [0.05, 0.1) is 6.54 Å². The van der Waals surface area contributed by atoms with Crippen molar-refractivity contribution in [3.05, 3.63) is 82.9 Å². The summed E-state index contributed by atoms with van der Waals surface area (Å²) in [5.41, 5.74) is 0.929. The summed E-state index contributed by atoms with van der Waals surface area (Å²) in [5.74, 6) is -0.779. The first kappa shape index (κ1) is 24.8. The van der Waals surface area contributed by atoms with Gasteiger partial charge in [-0.15, -0.1) is 0 Å². The highest BCUT2D eigenvalue weighted by Crippen LogP contribution is 2.29. The minimum atomic E-state index is -1.18. The predicted octanol–water partition coefficient (Wildman–Crippen LogP) is 4.78. The lowest BCUT2D eigenvalue weighted by Gasteiger charge is -2.30. The zero-order chi connectivity index (χ0) is 24.2. The molecule has 0 aliphatic carbocycles. The zero-order valence-corrected chi connectivity index (χ0v) is 20.0. The minimum Gasteiger partial charge on any atom is -0.270 e. The lowest BCUT2D eigenvalue weighted by Crippen LogP contribution is -2.42. The Balaban J connectivity index is 1.74. The Morgan fingerprint density at radius 3 is 1.42 bits per heavy atom. The molecule has 0 saturated heterocycles. The maximum absolute atomic E-state index is 12.6. The van der Waals surface area contributed by atoms with E-state index in [1.165, 1.54) is 0 Å². The second-order valence-corrected chi connectivity index (χ2v) is 9.01. The fraction of sp³-hybridized carbons (Fsp3) is 0.385. The molecule has 1 heterocycles. The van der Waals surface area contributed by atoms with Crippen LogP contribution in [0.25, 0.3) is 0 Å². The van der Waals surface area contributed by atoms with E-state index in [0.29, 0.717) is 11.1 Å². The molecule has 0 fully saturated rings. The van der Waals surface area contributed by atoms with Crippen molar-refractivity contribution >= 4 is 11.8 Å². The second-order valence-electron chi connectivity index (χ2n) is 9.01. The molecule has 0 radical (unpaired) electrons. The van der Waals surface area contributed by atoms with Crippen molar-refractivity contribution < 1.29 is 29.1 Å². The Hall–Kier alpha value is -2.84. The Morgan fingerprint density at radius 2 is 1.06 bits per heavy atom. The molecule has 176 valence electrons. The van der Waals surface area contributed by atoms with Crippen LogP contribution >= 0.6 is 0 Å². The number of hydrogen-bond acceptors (Lipinski definition) is 6. The number of nitrogens with zero attached hydrogens (tertiary/aromatic N) is 1. The summed E-state index contributed by atoms with van der Waals surface area (Å²) in [4.78, 5) is 48.8. The first-order chi connectivity index (χ1) is 15.5. The van der Waals surface area contributed by atoms with Gasteiger partial charge < -0.3 is 0 Å². The fourth-order valence-corrected chi connectivity index (χ4v) is 3.33. The van der Waals surface area contributed by atoms with Gasteiger partial charge in [0.2, 0.25) is 6.29 Å². The van der Waals surface area contributed by atoms with Crippen LogP contribution in [0, 0.1) is 0 Å². The molecule has 2 aromatic rings. The van der Waals surface area contributed by atoms with Gasteiger partial charge in [0.25, 0.3) is 11.8 Å². The van der Waals surface area contributed by atoms with E-state index in [0.717, 1.165) is 16.0 Å². The zero-order valence-electron chi connectivity index (χ0n) is 20.0. The third-order valence-electron chi connectivity index (χ3n) is 5.69. The average Bonchev–Trinajstić information content (AvgIpc) is 2.99. The predicted molar refractivity (Wildman–Crippen MR) is 122 cm³/mol. The first-order valence-corrected chi connectivity index (χ1v) is 10.9. The van der Waals surface area contributed by atoms with Crippen molar-refractivity contribution in [2.24, 2.45) is 0 Å². The van der Waals surface area contributed by atoms with Crippen LogP contribution in [0.3, 0.4) is 0 Å². The summed E-state index contributed by atoms with van der Waals surface area (Å²) in [6, 6.07) is 19.1. The van der Waals surface area contributed by atoms with Gasteiger partial charge in [0.15, 0.2) is 0 Å². The molecule has 33 heavy (non-hydrogen) atoms. The minimum absolute atomic E-state index is 0.192. The van der Waals surface area contributed by atoms with Crippen LogP contribution in [-0.4, -0.2) is 29.5 Å². The standard InChI is InChI=1S/C26H31NO6/c1-18-19(2)24(29)27(23(18)28)17-22(30-32-25(3,4)20-13-9-7-10-14-20)31-33-26(5,6)21-15-11-8-12-16-21/h7-16,22H,17H2,1-6H3. The van der Waals surface area contributed by atoms with Crippen molar-refractivity contribution in [2.75, 3.05) is 6.54 Å². The van der Waals surface area contributed by atoms with Crippen LogP contribution in [0.15, 0.2) is 71.8 Å². The Labute approximate surface area is 194 Å². The molecule has 2 aromatic carbocycles. The molecule has 1 aliphatic heterocycles. The summed E-state index contributed by atoms with van der Waals surface area (Å²) in [7, 11) is 0. The van der Waals surface area contributed by atoms with Crippen LogP contribution in [0.1, 0.15) is 52.7 Å². The quantitative estimate of drug-likeness (QED) is 0.223. The molecule has 0 atom stereocenters. The number of benzene rings is 2. The van der Waals surface area contributed by atoms with E-state index in [1.807, 2.05) is 88.4 Å². The summed E-state index contributed by atoms with van der Waals surface area (Å²) in [5, 5.41) is 0. The fourth-order valence-electron chi connectivity index (χ4n) is 3.33. The smallest absolute Gasteiger partial charge is 0.257 e. The highest BCUT2D eigenvalue weighted by molar-refractivity contribution is 6.18. The van der Waals surface area contributed by atoms with E-state index in [4.69, 9.17) is 19.6 Å². The summed E-state index contributed by atoms with van der Waals surface area (Å²) < 4.78 is 0. The largest absolute Gasteiger partial charge is 0.270 e. The molecule has 0 saturated carbocycles. The molecular formula is C26H31NO6. The Kier molecular flexibility index (Phi) is 7.49. The number of carbonyl (C=O) groups is 2. The number of amides is 2. The van der Waals surface area contributed by atoms with E-state index in [-0.39, 0.29) is 18.4 Å². The Bertz CT molecular complexity index is 934. The average molecular weight is 454 g/mol. The van der Waals surface area contributed by atoms with Gasteiger partial charge in [-0.1, -0.05) is 60.7 Å². The molecule has 0 aromatic heterocycles. The SMILES string of the molecule is CC1=C(C)C(=O)N(CC(OOC(C)(C)c2ccccc2)OOC(C)(C)c2ccccc2)C1=O. The monoisotopic (exact) mass is 453 g/mol. The van der Waals surface area contributed by atoms with E-state index in [9.17, 15) is 9.59 Å². The molecule has 0 bridgehead atoms. The third-order valence-corrected chi connectivity index (χ3v) is 5.69. The van der Waals surface area contributed by atoms with Gasteiger partial charge in [-0.3, -0.25) is 14.5 Å². The molecule has 7 heteroatoms. The number of hydrogen-bond donors (Lipinski definition) is 0. The van der Waals surface area contributed by atoms with E-state index in [2.05, 4.69) is 0 Å². The van der Waals surface area contributed by atoms with Crippen LogP contribution < -0.4 is 0 Å². The van der Waals surface area contributed by atoms with E-state index in [1.54, 1.807) is 13.8 Å².